The fourth-order valence-electron chi connectivity index (χ4n) is 3.41. The summed E-state index contributed by atoms with van der Waals surface area (Å²) in [6.45, 7) is 5.57. The Morgan fingerprint density at radius 1 is 1.25 bits per heavy atom. The highest BCUT2D eigenvalue weighted by atomic mass is 16.6. The Kier molecular flexibility index (Phi) is 5.34. The van der Waals surface area contributed by atoms with Gasteiger partial charge in [-0.2, -0.15) is 0 Å². The minimum absolute atomic E-state index is 0.00446. The van der Waals surface area contributed by atoms with Crippen molar-refractivity contribution in [3.8, 4) is 5.88 Å². The van der Waals surface area contributed by atoms with E-state index in [0.717, 1.165) is 32.2 Å². The number of rotatable bonds is 5. The number of aromatic nitrogens is 2. The maximum atomic E-state index is 12.1. The number of piperidine rings is 1. The van der Waals surface area contributed by atoms with E-state index in [4.69, 9.17) is 9.47 Å². The van der Waals surface area contributed by atoms with E-state index in [0.29, 0.717) is 50.4 Å². The summed E-state index contributed by atoms with van der Waals surface area (Å²) >= 11 is 0. The maximum absolute atomic E-state index is 12.1. The summed E-state index contributed by atoms with van der Waals surface area (Å²) in [6, 6.07) is 0. The molecule has 3 heterocycles. The quantitative estimate of drug-likeness (QED) is 0.808. The van der Waals surface area contributed by atoms with Gasteiger partial charge in [0.2, 0.25) is 11.8 Å². The molecule has 1 aromatic heterocycles. The Bertz CT molecular complexity index is 714. The van der Waals surface area contributed by atoms with Crippen molar-refractivity contribution in [2.75, 3.05) is 44.2 Å². The molecular formula is C19H27N5O4. The molecule has 0 bridgehead atoms. The van der Waals surface area contributed by atoms with Crippen molar-refractivity contribution in [2.24, 2.45) is 5.92 Å². The monoisotopic (exact) mass is 389 g/mol. The molecule has 0 radical (unpaired) electrons. The molecular weight excluding hydrogens is 362 g/mol. The fourth-order valence-corrected chi connectivity index (χ4v) is 3.41. The standard InChI is InChI=1S/C19H27N5O4/c1-19(4-5-19)28-18(26)23-7-2-14(3-8-23)13-27-16-11-21-15(10-22-16)24-9-6-20-12-17(24)25/h10-11,14,20H,2-9,12-13H2,1H3. The zero-order chi connectivity index (χ0) is 19.6. The number of anilines is 1. The third kappa shape index (κ3) is 4.52. The Hall–Kier alpha value is -2.42. The first-order chi connectivity index (χ1) is 13.5. The Balaban J connectivity index is 1.21. The van der Waals surface area contributed by atoms with Crippen molar-refractivity contribution in [1.82, 2.24) is 20.2 Å². The van der Waals surface area contributed by atoms with Crippen LogP contribution in [0.2, 0.25) is 0 Å². The van der Waals surface area contributed by atoms with Gasteiger partial charge in [-0.1, -0.05) is 0 Å². The average Bonchev–Trinajstić information content (AvgIpc) is 3.44. The minimum Gasteiger partial charge on any atom is -0.476 e. The first-order valence-corrected chi connectivity index (χ1v) is 9.96. The molecule has 152 valence electrons. The predicted molar refractivity (Wildman–Crippen MR) is 101 cm³/mol. The van der Waals surface area contributed by atoms with Crippen molar-refractivity contribution in [1.29, 1.82) is 0 Å². The molecule has 3 fully saturated rings. The first kappa shape index (κ1) is 18.9. The smallest absolute Gasteiger partial charge is 0.410 e. The molecule has 4 rings (SSSR count). The van der Waals surface area contributed by atoms with Crippen molar-refractivity contribution in [2.45, 2.75) is 38.2 Å². The number of ether oxygens (including phenoxy) is 2. The van der Waals surface area contributed by atoms with Crippen LogP contribution in [0.1, 0.15) is 32.6 Å². The first-order valence-electron chi connectivity index (χ1n) is 9.96. The van der Waals surface area contributed by atoms with Gasteiger partial charge in [-0.25, -0.2) is 14.8 Å². The van der Waals surface area contributed by atoms with Crippen LogP contribution in [0.15, 0.2) is 12.4 Å². The number of carbonyl (C=O) groups is 2. The molecule has 1 saturated carbocycles. The van der Waals surface area contributed by atoms with E-state index < -0.39 is 0 Å². The zero-order valence-electron chi connectivity index (χ0n) is 16.2. The second kappa shape index (κ2) is 7.90. The average molecular weight is 389 g/mol. The SMILES string of the molecule is CC1(OC(=O)N2CCC(COc3cnc(N4CCNCC4=O)cn3)CC2)CC1. The third-order valence-corrected chi connectivity index (χ3v) is 5.61. The summed E-state index contributed by atoms with van der Waals surface area (Å²) in [7, 11) is 0. The fraction of sp³-hybridized carbons (Fsp3) is 0.684. The zero-order valence-corrected chi connectivity index (χ0v) is 16.2. The van der Waals surface area contributed by atoms with Gasteiger partial charge in [0.15, 0.2) is 5.82 Å². The Labute approximate surface area is 164 Å². The third-order valence-electron chi connectivity index (χ3n) is 5.61. The van der Waals surface area contributed by atoms with Crippen LogP contribution in [-0.4, -0.2) is 71.8 Å². The summed E-state index contributed by atoms with van der Waals surface area (Å²) in [5.74, 6) is 1.37. The highest BCUT2D eigenvalue weighted by Gasteiger charge is 2.43. The van der Waals surface area contributed by atoms with Gasteiger partial charge in [0, 0.05) is 26.2 Å². The van der Waals surface area contributed by atoms with Crippen molar-refractivity contribution < 1.29 is 19.1 Å². The molecule has 0 aromatic carbocycles. The number of hydrogen-bond donors (Lipinski definition) is 1. The maximum Gasteiger partial charge on any atom is 0.410 e. The van der Waals surface area contributed by atoms with Crippen molar-refractivity contribution in [3.05, 3.63) is 12.4 Å². The van der Waals surface area contributed by atoms with E-state index in [1.807, 2.05) is 6.92 Å². The van der Waals surface area contributed by atoms with Crippen LogP contribution in [-0.2, 0) is 9.53 Å². The second-order valence-corrected chi connectivity index (χ2v) is 7.99. The lowest BCUT2D eigenvalue weighted by molar-refractivity contribution is -0.118. The van der Waals surface area contributed by atoms with Gasteiger partial charge < -0.3 is 19.7 Å². The molecule has 2 saturated heterocycles. The molecule has 1 N–H and O–H groups in total. The van der Waals surface area contributed by atoms with Crippen LogP contribution in [0, 0.1) is 5.92 Å². The Morgan fingerprint density at radius 2 is 2.04 bits per heavy atom. The van der Waals surface area contributed by atoms with Crippen LogP contribution in [0.4, 0.5) is 10.6 Å². The molecule has 28 heavy (non-hydrogen) atoms. The van der Waals surface area contributed by atoms with E-state index in [1.54, 1.807) is 22.2 Å². The van der Waals surface area contributed by atoms with Crippen LogP contribution in [0.5, 0.6) is 5.88 Å². The van der Waals surface area contributed by atoms with Crippen LogP contribution in [0.3, 0.4) is 0 Å². The molecule has 9 heteroatoms. The predicted octanol–water partition coefficient (Wildman–Crippen LogP) is 1.19. The van der Waals surface area contributed by atoms with E-state index in [-0.39, 0.29) is 17.6 Å². The van der Waals surface area contributed by atoms with Crippen LogP contribution < -0.4 is 15.0 Å². The van der Waals surface area contributed by atoms with E-state index in [2.05, 4.69) is 15.3 Å². The van der Waals surface area contributed by atoms with E-state index in [1.165, 1.54) is 0 Å². The highest BCUT2D eigenvalue weighted by molar-refractivity contribution is 5.94. The summed E-state index contributed by atoms with van der Waals surface area (Å²) < 4.78 is 11.3. The molecule has 2 amide bonds. The number of piperazine rings is 1. The van der Waals surface area contributed by atoms with Crippen molar-refractivity contribution in [3.63, 3.8) is 0 Å². The van der Waals surface area contributed by atoms with Crippen LogP contribution >= 0.6 is 0 Å². The van der Waals surface area contributed by atoms with E-state index >= 15 is 0 Å². The highest BCUT2D eigenvalue weighted by Crippen LogP contribution is 2.39. The molecule has 0 spiro atoms. The summed E-state index contributed by atoms with van der Waals surface area (Å²) in [4.78, 5) is 36.1. The molecule has 9 nitrogen and oxygen atoms in total. The van der Waals surface area contributed by atoms with Gasteiger partial charge in [-0.3, -0.25) is 9.69 Å². The second-order valence-electron chi connectivity index (χ2n) is 7.99. The normalized spacial score (nSPS) is 22.1. The lowest BCUT2D eigenvalue weighted by Gasteiger charge is -2.32. The number of amides is 2. The summed E-state index contributed by atoms with van der Waals surface area (Å²) in [5, 5.41) is 3.03. The Morgan fingerprint density at radius 3 is 2.68 bits per heavy atom. The number of likely N-dealkylation sites (tertiary alicyclic amines) is 1. The van der Waals surface area contributed by atoms with Crippen LogP contribution in [0.25, 0.3) is 0 Å². The van der Waals surface area contributed by atoms with Crippen molar-refractivity contribution >= 4 is 17.8 Å². The van der Waals surface area contributed by atoms with Gasteiger partial charge in [0.1, 0.15) is 5.60 Å². The summed E-state index contributed by atoms with van der Waals surface area (Å²) in [5.41, 5.74) is -0.225. The summed E-state index contributed by atoms with van der Waals surface area (Å²) in [6.07, 6.45) is 6.64. The minimum atomic E-state index is -0.225. The molecule has 0 atom stereocenters. The van der Waals surface area contributed by atoms with Gasteiger partial charge >= 0.3 is 6.09 Å². The topological polar surface area (TPSA) is 96.9 Å². The molecule has 1 aliphatic carbocycles. The van der Waals surface area contributed by atoms with Gasteiger partial charge in [0.05, 0.1) is 25.5 Å². The molecule has 0 unspecified atom stereocenters. The molecule has 1 aromatic rings. The van der Waals surface area contributed by atoms with Gasteiger partial charge in [-0.15, -0.1) is 0 Å². The largest absolute Gasteiger partial charge is 0.476 e. The molecule has 2 aliphatic heterocycles. The van der Waals surface area contributed by atoms with Gasteiger partial charge in [0.25, 0.3) is 0 Å². The number of nitrogens with zero attached hydrogens (tertiary/aromatic N) is 4. The number of carbonyl (C=O) groups excluding carboxylic acids is 2. The van der Waals surface area contributed by atoms with E-state index in [9.17, 15) is 9.59 Å². The lowest BCUT2D eigenvalue weighted by atomic mass is 9.98. The number of nitrogens with one attached hydrogen (secondary N) is 1. The number of hydrogen-bond acceptors (Lipinski definition) is 7. The lowest BCUT2D eigenvalue weighted by Crippen LogP contribution is -2.48. The van der Waals surface area contributed by atoms with Gasteiger partial charge in [-0.05, 0) is 38.5 Å². The molecule has 3 aliphatic rings.